The van der Waals surface area contributed by atoms with Crippen molar-refractivity contribution in [1.82, 2.24) is 5.43 Å². The fraction of sp³-hybridized carbons (Fsp3) is 0.227. The van der Waals surface area contributed by atoms with E-state index in [4.69, 9.17) is 5.26 Å². The number of nitrogens with one attached hydrogen (secondary N) is 2. The van der Waals surface area contributed by atoms with Crippen LogP contribution in [0.4, 0.5) is 18.9 Å². The van der Waals surface area contributed by atoms with Crippen LogP contribution in [-0.2, 0) is 15.8 Å². The minimum absolute atomic E-state index is 0.0222. The first-order chi connectivity index (χ1) is 15.2. The van der Waals surface area contributed by atoms with E-state index in [0.29, 0.717) is 5.56 Å². The fourth-order valence-corrected chi connectivity index (χ4v) is 2.60. The SMILES string of the molecule is N#CCC(=O)NN=C(CCC(=O)Nc1cccc(C(F)(F)F)c1)CC(=O)c1ccccc1. The van der Waals surface area contributed by atoms with Gasteiger partial charge < -0.3 is 5.32 Å². The van der Waals surface area contributed by atoms with E-state index in [1.165, 1.54) is 12.1 Å². The molecule has 0 heterocycles. The van der Waals surface area contributed by atoms with Gasteiger partial charge in [-0.15, -0.1) is 0 Å². The number of nitrogens with zero attached hydrogens (tertiary/aromatic N) is 2. The predicted octanol–water partition coefficient (Wildman–Crippen LogP) is 4.08. The van der Waals surface area contributed by atoms with Crippen molar-refractivity contribution in [3.05, 3.63) is 65.7 Å². The Hall–Kier alpha value is -4.00. The van der Waals surface area contributed by atoms with Crippen LogP contribution >= 0.6 is 0 Å². The van der Waals surface area contributed by atoms with Crippen LogP contribution in [0.15, 0.2) is 59.7 Å². The molecule has 0 spiro atoms. The molecule has 2 aromatic carbocycles. The van der Waals surface area contributed by atoms with Crippen molar-refractivity contribution in [3.63, 3.8) is 0 Å². The summed E-state index contributed by atoms with van der Waals surface area (Å²) < 4.78 is 38.4. The third-order valence-electron chi connectivity index (χ3n) is 4.15. The molecule has 2 N–H and O–H groups in total. The highest BCUT2D eigenvalue weighted by Gasteiger charge is 2.30. The molecule has 0 atom stereocenters. The molecule has 0 saturated carbocycles. The van der Waals surface area contributed by atoms with E-state index in [1.807, 2.05) is 0 Å². The van der Waals surface area contributed by atoms with Crippen LogP contribution in [0.25, 0.3) is 0 Å². The molecule has 0 aromatic heterocycles. The van der Waals surface area contributed by atoms with Crippen LogP contribution in [0.3, 0.4) is 0 Å². The Kier molecular flexibility index (Phi) is 8.65. The molecular formula is C22H19F3N4O3. The summed E-state index contributed by atoms with van der Waals surface area (Å²) in [4.78, 5) is 36.1. The minimum Gasteiger partial charge on any atom is -0.326 e. The average Bonchev–Trinajstić information content (AvgIpc) is 2.76. The molecule has 7 nitrogen and oxygen atoms in total. The first-order valence-electron chi connectivity index (χ1n) is 9.45. The van der Waals surface area contributed by atoms with Gasteiger partial charge in [0.1, 0.15) is 6.42 Å². The van der Waals surface area contributed by atoms with E-state index in [9.17, 15) is 27.6 Å². The van der Waals surface area contributed by atoms with Crippen LogP contribution in [0.1, 0.15) is 41.6 Å². The summed E-state index contributed by atoms with van der Waals surface area (Å²) in [5, 5.41) is 14.8. The van der Waals surface area contributed by atoms with E-state index in [1.54, 1.807) is 36.4 Å². The van der Waals surface area contributed by atoms with Gasteiger partial charge in [0.25, 0.3) is 5.91 Å². The van der Waals surface area contributed by atoms with E-state index in [2.05, 4.69) is 15.8 Å². The lowest BCUT2D eigenvalue weighted by atomic mass is 10.0. The molecule has 0 unspecified atom stereocenters. The lowest BCUT2D eigenvalue weighted by molar-refractivity contribution is -0.137. The van der Waals surface area contributed by atoms with E-state index in [0.717, 1.165) is 12.1 Å². The number of amides is 2. The lowest BCUT2D eigenvalue weighted by Gasteiger charge is -2.10. The highest BCUT2D eigenvalue weighted by molar-refractivity contribution is 6.10. The maximum Gasteiger partial charge on any atom is 0.416 e. The molecule has 10 heteroatoms. The zero-order chi connectivity index (χ0) is 23.6. The highest BCUT2D eigenvalue weighted by Crippen LogP contribution is 2.30. The summed E-state index contributed by atoms with van der Waals surface area (Å²) >= 11 is 0. The third-order valence-corrected chi connectivity index (χ3v) is 4.15. The number of hydrogen-bond donors (Lipinski definition) is 2. The topological polar surface area (TPSA) is 111 Å². The molecule has 32 heavy (non-hydrogen) atoms. The summed E-state index contributed by atoms with van der Waals surface area (Å²) in [6.07, 6.45) is -5.38. The zero-order valence-electron chi connectivity index (χ0n) is 16.8. The number of alkyl halides is 3. The van der Waals surface area contributed by atoms with Crippen LogP contribution < -0.4 is 10.7 Å². The summed E-state index contributed by atoms with van der Waals surface area (Å²) in [5.41, 5.74) is 1.83. The van der Waals surface area contributed by atoms with Crippen molar-refractivity contribution < 1.29 is 27.6 Å². The van der Waals surface area contributed by atoms with E-state index >= 15 is 0 Å². The molecular weight excluding hydrogens is 425 g/mol. The normalized spacial score (nSPS) is 11.4. The Morgan fingerprint density at radius 3 is 2.34 bits per heavy atom. The van der Waals surface area contributed by atoms with Gasteiger partial charge in [-0.05, 0) is 24.6 Å². The molecule has 2 rings (SSSR count). The largest absolute Gasteiger partial charge is 0.416 e. The van der Waals surface area contributed by atoms with Gasteiger partial charge in [-0.25, -0.2) is 5.43 Å². The Morgan fingerprint density at radius 2 is 1.69 bits per heavy atom. The smallest absolute Gasteiger partial charge is 0.326 e. The third kappa shape index (κ3) is 8.02. The van der Waals surface area contributed by atoms with Gasteiger partial charge in [-0.2, -0.15) is 23.5 Å². The highest BCUT2D eigenvalue weighted by atomic mass is 19.4. The van der Waals surface area contributed by atoms with Crippen LogP contribution in [0, 0.1) is 11.3 Å². The summed E-state index contributed by atoms with van der Waals surface area (Å²) in [6.45, 7) is 0. The monoisotopic (exact) mass is 444 g/mol. The summed E-state index contributed by atoms with van der Waals surface area (Å²) in [5.74, 6) is -1.56. The average molecular weight is 444 g/mol. The minimum atomic E-state index is -4.54. The number of carbonyl (C=O) groups is 3. The molecule has 0 bridgehead atoms. The second-order valence-corrected chi connectivity index (χ2v) is 6.64. The lowest BCUT2D eigenvalue weighted by Crippen LogP contribution is -2.21. The molecule has 166 valence electrons. The maximum absolute atomic E-state index is 12.8. The molecule has 0 aliphatic rings. The standard InChI is InChI=1S/C22H19F3N4O3/c23-22(24,25)16-7-4-8-17(13-16)27-20(31)10-9-18(28-29-21(32)11-12-26)14-19(30)15-5-2-1-3-6-15/h1-8,13H,9-11,14H2,(H,27,31)(H,29,32). The summed E-state index contributed by atoms with van der Waals surface area (Å²) in [6, 6.07) is 14.2. The number of benzene rings is 2. The number of hydrogen-bond acceptors (Lipinski definition) is 5. The maximum atomic E-state index is 12.8. The van der Waals surface area contributed by atoms with Crippen molar-refractivity contribution in [2.45, 2.75) is 31.9 Å². The van der Waals surface area contributed by atoms with Crippen molar-refractivity contribution in [1.29, 1.82) is 5.26 Å². The summed E-state index contributed by atoms with van der Waals surface area (Å²) in [7, 11) is 0. The number of nitriles is 1. The molecule has 0 radical (unpaired) electrons. The predicted molar refractivity (Wildman–Crippen MR) is 111 cm³/mol. The quantitative estimate of drug-likeness (QED) is 0.345. The van der Waals surface area contributed by atoms with Gasteiger partial charge >= 0.3 is 6.18 Å². The van der Waals surface area contributed by atoms with Gasteiger partial charge in [0.2, 0.25) is 5.91 Å². The van der Waals surface area contributed by atoms with Crippen LogP contribution in [0.5, 0.6) is 0 Å². The van der Waals surface area contributed by atoms with E-state index < -0.39 is 30.0 Å². The zero-order valence-corrected chi connectivity index (χ0v) is 16.8. The van der Waals surface area contributed by atoms with Gasteiger partial charge in [0, 0.05) is 23.4 Å². The van der Waals surface area contributed by atoms with Crippen molar-refractivity contribution >= 4 is 29.0 Å². The number of ketones is 1. The number of carbonyl (C=O) groups excluding carboxylic acids is 3. The molecule has 2 amide bonds. The number of anilines is 1. The number of halogens is 3. The molecule has 0 saturated heterocycles. The van der Waals surface area contributed by atoms with Crippen LogP contribution in [0.2, 0.25) is 0 Å². The van der Waals surface area contributed by atoms with Gasteiger partial charge in [-0.1, -0.05) is 36.4 Å². The molecule has 0 aliphatic carbocycles. The Morgan fingerprint density at radius 1 is 0.969 bits per heavy atom. The van der Waals surface area contributed by atoms with Crippen LogP contribution in [-0.4, -0.2) is 23.3 Å². The Labute approximate surface area is 181 Å². The van der Waals surface area contributed by atoms with Crippen molar-refractivity contribution in [2.75, 3.05) is 5.32 Å². The Bertz CT molecular complexity index is 1040. The van der Waals surface area contributed by atoms with Gasteiger partial charge in [0.15, 0.2) is 5.78 Å². The molecule has 0 aliphatic heterocycles. The number of rotatable bonds is 9. The van der Waals surface area contributed by atoms with Crippen molar-refractivity contribution in [3.8, 4) is 6.07 Å². The first-order valence-corrected chi connectivity index (χ1v) is 9.45. The van der Waals surface area contributed by atoms with Gasteiger partial charge in [0.05, 0.1) is 18.1 Å². The second kappa shape index (κ2) is 11.4. The van der Waals surface area contributed by atoms with Crippen molar-refractivity contribution in [2.24, 2.45) is 5.10 Å². The molecule has 2 aromatic rings. The second-order valence-electron chi connectivity index (χ2n) is 6.64. The number of hydrazone groups is 1. The number of Topliss-reactive ketones (excluding diaryl/α,β-unsaturated/α-hetero) is 1. The van der Waals surface area contributed by atoms with Gasteiger partial charge in [-0.3, -0.25) is 14.4 Å². The van der Waals surface area contributed by atoms with E-state index in [-0.39, 0.29) is 36.4 Å². The first kappa shape index (κ1) is 24.3. The molecule has 0 fully saturated rings. The Balaban J connectivity index is 2.04. The fourth-order valence-electron chi connectivity index (χ4n) is 2.60.